The van der Waals surface area contributed by atoms with Gasteiger partial charge in [-0.2, -0.15) is 0 Å². The molecule has 0 saturated carbocycles. The second-order valence-corrected chi connectivity index (χ2v) is 3.11. The minimum Gasteiger partial charge on any atom is -0.411 e. The van der Waals surface area contributed by atoms with E-state index >= 15 is 0 Å². The van der Waals surface area contributed by atoms with E-state index in [4.69, 9.17) is 5.21 Å². The summed E-state index contributed by atoms with van der Waals surface area (Å²) in [7, 11) is 0. The fourth-order valence-electron chi connectivity index (χ4n) is 0.756. The fraction of sp³-hybridized carbons (Fsp3) is 0.125. The zero-order valence-corrected chi connectivity index (χ0v) is 7.67. The number of hydrogen-bond acceptors (Lipinski definition) is 2. The minimum atomic E-state index is 0.880. The SMILES string of the molecule is Cc1ccc(/C=N/O)cc1Br. The summed E-state index contributed by atoms with van der Waals surface area (Å²) in [5.41, 5.74) is 2.05. The molecular weight excluding hydrogens is 206 g/mol. The summed E-state index contributed by atoms with van der Waals surface area (Å²) in [5.74, 6) is 0. The van der Waals surface area contributed by atoms with Crippen LogP contribution in [0.4, 0.5) is 0 Å². The third kappa shape index (κ3) is 2.05. The molecule has 0 bridgehead atoms. The summed E-state index contributed by atoms with van der Waals surface area (Å²) in [6, 6.07) is 5.75. The Balaban J connectivity index is 3.05. The zero-order valence-electron chi connectivity index (χ0n) is 6.08. The molecular formula is C8H8BrNO. The van der Waals surface area contributed by atoms with Crippen LogP contribution in [0.5, 0.6) is 0 Å². The number of aryl methyl sites for hydroxylation is 1. The van der Waals surface area contributed by atoms with Crippen molar-refractivity contribution < 1.29 is 5.21 Å². The molecule has 0 spiro atoms. The van der Waals surface area contributed by atoms with E-state index in [9.17, 15) is 0 Å². The van der Waals surface area contributed by atoms with E-state index in [0.29, 0.717) is 0 Å². The molecule has 0 unspecified atom stereocenters. The number of rotatable bonds is 1. The number of nitrogens with zero attached hydrogens (tertiary/aromatic N) is 1. The number of oxime groups is 1. The summed E-state index contributed by atoms with van der Waals surface area (Å²) >= 11 is 3.37. The van der Waals surface area contributed by atoms with Crippen molar-refractivity contribution in [1.29, 1.82) is 0 Å². The van der Waals surface area contributed by atoms with Crippen molar-refractivity contribution in [2.24, 2.45) is 5.16 Å². The first-order valence-corrected chi connectivity index (χ1v) is 3.97. The van der Waals surface area contributed by atoms with Crippen molar-refractivity contribution in [2.45, 2.75) is 6.92 Å². The molecule has 1 aromatic carbocycles. The van der Waals surface area contributed by atoms with E-state index in [1.165, 1.54) is 11.8 Å². The highest BCUT2D eigenvalue weighted by Crippen LogP contribution is 2.16. The van der Waals surface area contributed by atoms with Crippen LogP contribution in [-0.4, -0.2) is 11.4 Å². The van der Waals surface area contributed by atoms with Gasteiger partial charge in [-0.25, -0.2) is 0 Å². The van der Waals surface area contributed by atoms with Gasteiger partial charge in [-0.05, 0) is 24.1 Å². The maximum atomic E-state index is 8.23. The van der Waals surface area contributed by atoms with Crippen LogP contribution in [-0.2, 0) is 0 Å². The smallest absolute Gasteiger partial charge is 0.0734 e. The molecule has 0 fully saturated rings. The Hall–Kier alpha value is -0.830. The van der Waals surface area contributed by atoms with Crippen LogP contribution in [0.15, 0.2) is 27.8 Å². The van der Waals surface area contributed by atoms with E-state index in [2.05, 4.69) is 21.1 Å². The molecule has 3 heteroatoms. The average Bonchev–Trinajstić information content (AvgIpc) is 1.98. The van der Waals surface area contributed by atoms with Gasteiger partial charge in [0.15, 0.2) is 0 Å². The van der Waals surface area contributed by atoms with E-state index in [1.54, 1.807) is 0 Å². The quantitative estimate of drug-likeness (QED) is 0.435. The second-order valence-electron chi connectivity index (χ2n) is 2.25. The highest BCUT2D eigenvalue weighted by molar-refractivity contribution is 9.10. The first-order chi connectivity index (χ1) is 5.24. The van der Waals surface area contributed by atoms with E-state index in [1.807, 2.05) is 25.1 Å². The molecule has 0 aliphatic heterocycles. The number of benzene rings is 1. The Kier molecular flexibility index (Phi) is 2.65. The van der Waals surface area contributed by atoms with Crippen LogP contribution in [0.3, 0.4) is 0 Å². The second kappa shape index (κ2) is 3.53. The van der Waals surface area contributed by atoms with Gasteiger partial charge in [0.2, 0.25) is 0 Å². The Morgan fingerprint density at radius 1 is 1.55 bits per heavy atom. The normalized spacial score (nSPS) is 10.7. The van der Waals surface area contributed by atoms with Crippen molar-refractivity contribution in [1.82, 2.24) is 0 Å². The van der Waals surface area contributed by atoms with Crippen LogP contribution in [0.2, 0.25) is 0 Å². The van der Waals surface area contributed by atoms with Crippen molar-refractivity contribution in [3.8, 4) is 0 Å². The summed E-state index contributed by atoms with van der Waals surface area (Å²) in [5, 5.41) is 11.2. The molecule has 1 aromatic rings. The summed E-state index contributed by atoms with van der Waals surface area (Å²) in [6.45, 7) is 2.00. The van der Waals surface area contributed by atoms with Gasteiger partial charge in [0, 0.05) is 4.47 Å². The van der Waals surface area contributed by atoms with Crippen molar-refractivity contribution in [3.63, 3.8) is 0 Å². The lowest BCUT2D eigenvalue weighted by molar-refractivity contribution is 0.322. The van der Waals surface area contributed by atoms with E-state index in [-0.39, 0.29) is 0 Å². The Morgan fingerprint density at radius 3 is 2.82 bits per heavy atom. The van der Waals surface area contributed by atoms with Crippen LogP contribution < -0.4 is 0 Å². The van der Waals surface area contributed by atoms with Crippen LogP contribution in [0.25, 0.3) is 0 Å². The molecule has 58 valence electrons. The third-order valence-corrected chi connectivity index (χ3v) is 2.26. The van der Waals surface area contributed by atoms with Crippen molar-refractivity contribution in [3.05, 3.63) is 33.8 Å². The van der Waals surface area contributed by atoms with Gasteiger partial charge >= 0.3 is 0 Å². The molecule has 2 nitrogen and oxygen atoms in total. The lowest BCUT2D eigenvalue weighted by Crippen LogP contribution is -1.82. The van der Waals surface area contributed by atoms with Gasteiger partial charge in [0.1, 0.15) is 0 Å². The van der Waals surface area contributed by atoms with Gasteiger partial charge in [-0.3, -0.25) is 0 Å². The summed E-state index contributed by atoms with van der Waals surface area (Å²) < 4.78 is 1.02. The van der Waals surface area contributed by atoms with Gasteiger partial charge in [-0.1, -0.05) is 33.2 Å². The summed E-state index contributed by atoms with van der Waals surface area (Å²) in [6.07, 6.45) is 1.39. The molecule has 1 rings (SSSR count). The van der Waals surface area contributed by atoms with E-state index < -0.39 is 0 Å². The first kappa shape index (κ1) is 8.27. The van der Waals surface area contributed by atoms with Crippen molar-refractivity contribution in [2.75, 3.05) is 0 Å². The number of halogens is 1. The highest BCUT2D eigenvalue weighted by atomic mass is 79.9. The molecule has 0 radical (unpaired) electrons. The Bertz CT molecular complexity index is 283. The van der Waals surface area contributed by atoms with Gasteiger partial charge < -0.3 is 5.21 Å². The standard InChI is InChI=1S/C8H8BrNO/c1-6-2-3-7(5-10-11)4-8(6)9/h2-5,11H,1H3/b10-5+. The predicted molar refractivity (Wildman–Crippen MR) is 48.3 cm³/mol. The molecule has 0 atom stereocenters. The monoisotopic (exact) mass is 213 g/mol. The molecule has 11 heavy (non-hydrogen) atoms. The van der Waals surface area contributed by atoms with Crippen LogP contribution in [0.1, 0.15) is 11.1 Å². The topological polar surface area (TPSA) is 32.6 Å². The Morgan fingerprint density at radius 2 is 2.27 bits per heavy atom. The highest BCUT2D eigenvalue weighted by Gasteiger charge is 1.93. The first-order valence-electron chi connectivity index (χ1n) is 3.17. The molecule has 0 aromatic heterocycles. The Labute approximate surface area is 73.7 Å². The van der Waals surface area contributed by atoms with Crippen LogP contribution >= 0.6 is 15.9 Å². The molecule has 1 N–H and O–H groups in total. The van der Waals surface area contributed by atoms with Gasteiger partial charge in [0.05, 0.1) is 6.21 Å². The van der Waals surface area contributed by atoms with Gasteiger partial charge in [0.25, 0.3) is 0 Å². The molecule has 0 saturated heterocycles. The largest absolute Gasteiger partial charge is 0.411 e. The minimum absolute atomic E-state index is 0.880. The van der Waals surface area contributed by atoms with Crippen LogP contribution in [0, 0.1) is 6.92 Å². The molecule has 0 aliphatic rings. The predicted octanol–water partition coefficient (Wildman–Crippen LogP) is 2.57. The molecule has 0 amide bonds. The maximum absolute atomic E-state index is 8.23. The molecule has 0 aliphatic carbocycles. The lowest BCUT2D eigenvalue weighted by Gasteiger charge is -1.97. The molecule has 0 heterocycles. The zero-order chi connectivity index (χ0) is 8.27. The van der Waals surface area contributed by atoms with Gasteiger partial charge in [-0.15, -0.1) is 0 Å². The summed E-state index contributed by atoms with van der Waals surface area (Å²) in [4.78, 5) is 0. The third-order valence-electron chi connectivity index (χ3n) is 1.40. The average molecular weight is 214 g/mol. The lowest BCUT2D eigenvalue weighted by atomic mass is 10.2. The maximum Gasteiger partial charge on any atom is 0.0734 e. The fourth-order valence-corrected chi connectivity index (χ4v) is 1.15. The number of hydrogen-bond donors (Lipinski definition) is 1. The van der Waals surface area contributed by atoms with Crippen molar-refractivity contribution >= 4 is 22.1 Å². The van der Waals surface area contributed by atoms with E-state index in [0.717, 1.165) is 10.0 Å².